The van der Waals surface area contributed by atoms with Crippen LogP contribution in [0.15, 0.2) is 54.9 Å². The maximum absolute atomic E-state index is 11.3. The van der Waals surface area contributed by atoms with Gasteiger partial charge in [-0.2, -0.15) is 0 Å². The monoisotopic (exact) mass is 440 g/mol. The van der Waals surface area contributed by atoms with Crippen LogP contribution in [0.5, 0.6) is 5.75 Å². The molecule has 0 radical (unpaired) electrons. The Morgan fingerprint density at radius 3 is 2.77 bits per heavy atom. The van der Waals surface area contributed by atoms with Crippen LogP contribution in [0.2, 0.25) is 5.02 Å². The molecular weight excluding hydrogens is 420 g/mol. The third kappa shape index (κ3) is 5.55. The van der Waals surface area contributed by atoms with Crippen molar-refractivity contribution in [3.05, 3.63) is 75.9 Å². The van der Waals surface area contributed by atoms with Crippen molar-refractivity contribution in [2.24, 2.45) is 0 Å². The third-order valence-electron chi connectivity index (χ3n) is 4.33. The van der Waals surface area contributed by atoms with Crippen LogP contribution in [-0.4, -0.2) is 30.3 Å². The van der Waals surface area contributed by atoms with Crippen LogP contribution < -0.4 is 10.1 Å². The molecule has 5 nitrogen and oxygen atoms in total. The number of halogens is 1. The SMILES string of the molecule is CC(=O)c1ccc(-c2cc(Cl)c3c(c2)CCO3)s1.CNC(=O)/C=C/c1cccnc1. The van der Waals surface area contributed by atoms with Crippen molar-refractivity contribution < 1.29 is 14.3 Å². The quantitative estimate of drug-likeness (QED) is 0.455. The summed E-state index contributed by atoms with van der Waals surface area (Å²) in [4.78, 5) is 27.8. The number of pyridine rings is 1. The van der Waals surface area contributed by atoms with Gasteiger partial charge >= 0.3 is 0 Å². The molecule has 0 unspecified atom stereocenters. The van der Waals surface area contributed by atoms with Crippen molar-refractivity contribution >= 4 is 40.7 Å². The van der Waals surface area contributed by atoms with Gasteiger partial charge in [-0.05, 0) is 60.0 Å². The number of ketones is 1. The van der Waals surface area contributed by atoms with Gasteiger partial charge in [-0.1, -0.05) is 17.7 Å². The van der Waals surface area contributed by atoms with Crippen LogP contribution in [0.3, 0.4) is 0 Å². The first kappa shape index (κ1) is 21.7. The van der Waals surface area contributed by atoms with Crippen LogP contribution in [0.4, 0.5) is 0 Å². The molecule has 1 aromatic carbocycles. The number of benzene rings is 1. The lowest BCUT2D eigenvalue weighted by atomic mass is 10.1. The van der Waals surface area contributed by atoms with Crippen molar-refractivity contribution in [2.45, 2.75) is 13.3 Å². The van der Waals surface area contributed by atoms with Crippen molar-refractivity contribution in [3.8, 4) is 16.2 Å². The molecule has 4 rings (SSSR count). The Morgan fingerprint density at radius 1 is 1.27 bits per heavy atom. The van der Waals surface area contributed by atoms with Gasteiger partial charge in [0.2, 0.25) is 5.91 Å². The van der Waals surface area contributed by atoms with E-state index in [-0.39, 0.29) is 11.7 Å². The van der Waals surface area contributed by atoms with Gasteiger partial charge in [-0.3, -0.25) is 14.6 Å². The lowest BCUT2D eigenvalue weighted by Gasteiger charge is -2.05. The molecule has 30 heavy (non-hydrogen) atoms. The predicted octanol–water partition coefficient (Wildman–Crippen LogP) is 5.05. The highest BCUT2D eigenvalue weighted by Gasteiger charge is 2.18. The van der Waals surface area contributed by atoms with Crippen molar-refractivity contribution in [1.82, 2.24) is 10.3 Å². The summed E-state index contributed by atoms with van der Waals surface area (Å²) >= 11 is 7.71. The zero-order valence-electron chi connectivity index (χ0n) is 16.6. The highest BCUT2D eigenvalue weighted by atomic mass is 35.5. The van der Waals surface area contributed by atoms with Crippen molar-refractivity contribution in [2.75, 3.05) is 13.7 Å². The van der Waals surface area contributed by atoms with Crippen molar-refractivity contribution in [3.63, 3.8) is 0 Å². The molecule has 0 spiro atoms. The van der Waals surface area contributed by atoms with E-state index in [0.29, 0.717) is 11.6 Å². The lowest BCUT2D eigenvalue weighted by molar-refractivity contribution is -0.115. The van der Waals surface area contributed by atoms with Gasteiger partial charge in [0.15, 0.2) is 5.78 Å². The average molecular weight is 441 g/mol. The predicted molar refractivity (Wildman–Crippen MR) is 121 cm³/mol. The largest absolute Gasteiger partial charge is 0.491 e. The summed E-state index contributed by atoms with van der Waals surface area (Å²) < 4.78 is 5.48. The standard InChI is InChI=1S/C14H11ClO2S.C9H10N2O/c1-8(16)12-2-3-13(18-12)10-6-9-4-5-17-14(9)11(15)7-10;1-10-9(12)5-4-8-3-2-6-11-7-8/h2-3,6-7H,4-5H2,1H3;2-7H,1H3,(H,10,12)/b;5-4+. The number of carbonyl (C=O) groups excluding carboxylic acids is 2. The molecule has 0 aliphatic carbocycles. The van der Waals surface area contributed by atoms with Gasteiger partial charge < -0.3 is 10.1 Å². The summed E-state index contributed by atoms with van der Waals surface area (Å²) in [7, 11) is 1.59. The fraction of sp³-hybridized carbons (Fsp3) is 0.174. The van der Waals surface area contributed by atoms with Crippen LogP contribution in [0, 0.1) is 0 Å². The molecule has 0 atom stereocenters. The van der Waals surface area contributed by atoms with E-state index in [4.69, 9.17) is 16.3 Å². The van der Waals surface area contributed by atoms with Gasteiger partial charge in [0, 0.05) is 36.8 Å². The highest BCUT2D eigenvalue weighted by molar-refractivity contribution is 7.17. The average Bonchev–Trinajstić information content (AvgIpc) is 3.43. The van der Waals surface area contributed by atoms with E-state index in [1.165, 1.54) is 17.4 Å². The summed E-state index contributed by atoms with van der Waals surface area (Å²) in [6, 6.07) is 11.5. The molecule has 1 amide bonds. The number of ether oxygens (including phenoxy) is 1. The Balaban J connectivity index is 0.000000187. The molecule has 0 bridgehead atoms. The van der Waals surface area contributed by atoms with E-state index < -0.39 is 0 Å². The van der Waals surface area contributed by atoms with Gasteiger partial charge in [-0.15, -0.1) is 11.3 Å². The number of thiophene rings is 1. The number of hydrogen-bond donors (Lipinski definition) is 1. The fourth-order valence-electron chi connectivity index (χ4n) is 2.82. The summed E-state index contributed by atoms with van der Waals surface area (Å²) in [5.41, 5.74) is 3.12. The van der Waals surface area contributed by atoms with E-state index >= 15 is 0 Å². The number of aromatic nitrogens is 1. The zero-order chi connectivity index (χ0) is 21.5. The molecule has 3 heterocycles. The fourth-order valence-corrected chi connectivity index (χ4v) is 4.00. The number of rotatable bonds is 4. The molecule has 0 saturated carbocycles. The summed E-state index contributed by atoms with van der Waals surface area (Å²) in [6.45, 7) is 2.28. The topological polar surface area (TPSA) is 68.3 Å². The molecule has 0 saturated heterocycles. The second-order valence-corrected chi connectivity index (χ2v) is 7.99. The normalized spacial score (nSPS) is 12.0. The Bertz CT molecular complexity index is 1080. The number of likely N-dealkylation sites (N-methyl/N-ethyl adjacent to an activating group) is 1. The number of carbonyl (C=O) groups is 2. The molecule has 1 N–H and O–H groups in total. The third-order valence-corrected chi connectivity index (χ3v) is 5.85. The van der Waals surface area contributed by atoms with Crippen LogP contribution in [0.1, 0.15) is 27.7 Å². The van der Waals surface area contributed by atoms with E-state index in [1.54, 1.807) is 32.4 Å². The molecule has 7 heteroatoms. The van der Waals surface area contributed by atoms with Gasteiger partial charge in [0.1, 0.15) is 5.75 Å². The molecule has 0 fully saturated rings. The minimum atomic E-state index is -0.112. The molecular formula is C23H21ClN2O3S. The summed E-state index contributed by atoms with van der Waals surface area (Å²) in [6.07, 6.45) is 7.47. The van der Waals surface area contributed by atoms with E-state index in [9.17, 15) is 9.59 Å². The number of Topliss-reactive ketones (excluding diaryl/α,β-unsaturated/α-hetero) is 1. The van der Waals surface area contributed by atoms with Gasteiger partial charge in [-0.25, -0.2) is 0 Å². The first-order chi connectivity index (χ1) is 14.5. The number of hydrogen-bond acceptors (Lipinski definition) is 5. The van der Waals surface area contributed by atoms with E-state index in [2.05, 4.69) is 16.4 Å². The molecule has 1 aliphatic heterocycles. The minimum Gasteiger partial charge on any atom is -0.491 e. The summed E-state index contributed by atoms with van der Waals surface area (Å²) in [5.74, 6) is 0.796. The van der Waals surface area contributed by atoms with Gasteiger partial charge in [0.05, 0.1) is 16.5 Å². The van der Waals surface area contributed by atoms with Crippen LogP contribution in [0.25, 0.3) is 16.5 Å². The van der Waals surface area contributed by atoms with Crippen LogP contribution >= 0.6 is 22.9 Å². The smallest absolute Gasteiger partial charge is 0.243 e. The number of nitrogens with one attached hydrogen (secondary N) is 1. The Hall–Kier alpha value is -2.96. The second kappa shape index (κ2) is 10.2. The van der Waals surface area contributed by atoms with Crippen LogP contribution in [-0.2, 0) is 11.2 Å². The van der Waals surface area contributed by atoms with E-state index in [0.717, 1.165) is 38.6 Å². The number of fused-ring (bicyclic) bond motifs is 1. The minimum absolute atomic E-state index is 0.0989. The maximum Gasteiger partial charge on any atom is 0.243 e. The lowest BCUT2D eigenvalue weighted by Crippen LogP contribution is -2.13. The van der Waals surface area contributed by atoms with E-state index in [1.807, 2.05) is 30.3 Å². The number of nitrogens with zero attached hydrogens (tertiary/aromatic N) is 1. The second-order valence-electron chi connectivity index (χ2n) is 6.50. The Morgan fingerprint density at radius 2 is 2.10 bits per heavy atom. The first-order valence-electron chi connectivity index (χ1n) is 9.34. The first-order valence-corrected chi connectivity index (χ1v) is 10.5. The summed E-state index contributed by atoms with van der Waals surface area (Å²) in [5, 5.41) is 3.14. The molecule has 154 valence electrons. The zero-order valence-corrected chi connectivity index (χ0v) is 18.2. The highest BCUT2D eigenvalue weighted by Crippen LogP contribution is 2.39. The Kier molecular flexibility index (Phi) is 7.38. The maximum atomic E-state index is 11.3. The molecule has 1 aliphatic rings. The molecule has 3 aromatic rings. The van der Waals surface area contributed by atoms with Gasteiger partial charge in [0.25, 0.3) is 0 Å². The number of amides is 1. The molecule has 2 aromatic heterocycles. The van der Waals surface area contributed by atoms with Crippen molar-refractivity contribution in [1.29, 1.82) is 0 Å². The Labute approximate surface area is 184 Å².